The number of ketones is 1. The van der Waals surface area contributed by atoms with Crippen molar-refractivity contribution in [3.8, 4) is 0 Å². The molecule has 0 radical (unpaired) electrons. The SMILES string of the molecule is C1CCCCC1.C1CCCCC1.CCCCCC1CCC(CC2CCC(=O)CC2)CC1.CCCCCC1CCC(CC2CCC3(CC2)OCC(C)(C)CO3)CC1.[2HH]. The lowest BCUT2D eigenvalue weighted by Crippen LogP contribution is -2.49. The Bertz CT molecular complexity index is 906. The molecular weight excluding hydrogens is 685 g/mol. The predicted molar refractivity (Wildman–Crippen MR) is 243 cm³/mol. The molecule has 6 aliphatic carbocycles. The van der Waals surface area contributed by atoms with Crippen LogP contribution in [-0.4, -0.2) is 24.8 Å². The second-order valence-electron chi connectivity index (χ2n) is 21.6. The molecular formula is C53H100O3. The molecule has 0 aromatic carbocycles. The zero-order valence-electron chi connectivity index (χ0n) is 38.5. The number of Topliss-reactive ketones (excluding diaryl/α,β-unsaturated/α-hetero) is 1. The van der Waals surface area contributed by atoms with E-state index in [4.69, 9.17) is 9.47 Å². The molecule has 330 valence electrons. The molecule has 0 N–H and O–H groups in total. The lowest BCUT2D eigenvalue weighted by molar-refractivity contribution is -0.312. The van der Waals surface area contributed by atoms with Crippen LogP contribution < -0.4 is 0 Å². The first-order chi connectivity index (χ1) is 27.3. The van der Waals surface area contributed by atoms with Gasteiger partial charge in [-0.05, 0) is 74.0 Å². The molecule has 0 atom stereocenters. The second kappa shape index (κ2) is 28.2. The van der Waals surface area contributed by atoms with Gasteiger partial charge in [-0.2, -0.15) is 0 Å². The quantitative estimate of drug-likeness (QED) is 0.185. The highest BCUT2D eigenvalue weighted by Crippen LogP contribution is 2.45. The van der Waals surface area contributed by atoms with Gasteiger partial charge in [0.25, 0.3) is 0 Å². The molecule has 56 heavy (non-hydrogen) atoms. The molecule has 1 heterocycles. The molecule has 0 unspecified atom stereocenters. The van der Waals surface area contributed by atoms with E-state index in [-0.39, 0.29) is 12.6 Å². The van der Waals surface area contributed by atoms with Gasteiger partial charge in [0.05, 0.1) is 13.2 Å². The van der Waals surface area contributed by atoms with Gasteiger partial charge in [0.15, 0.2) is 5.79 Å². The van der Waals surface area contributed by atoms with Crippen molar-refractivity contribution in [3.63, 3.8) is 0 Å². The summed E-state index contributed by atoms with van der Waals surface area (Å²) in [6.45, 7) is 10.8. The van der Waals surface area contributed by atoms with Crippen LogP contribution in [0, 0.1) is 40.9 Å². The van der Waals surface area contributed by atoms with Crippen molar-refractivity contribution >= 4 is 5.78 Å². The topological polar surface area (TPSA) is 35.5 Å². The first kappa shape index (κ1) is 48.3. The van der Waals surface area contributed by atoms with Crippen LogP contribution in [0.1, 0.15) is 273 Å². The molecule has 1 aliphatic heterocycles. The summed E-state index contributed by atoms with van der Waals surface area (Å²) >= 11 is 0. The lowest BCUT2D eigenvalue weighted by Gasteiger charge is -2.47. The number of carbonyl (C=O) groups excluding carboxylic acids is 1. The predicted octanol–water partition coefficient (Wildman–Crippen LogP) is 17.2. The first-order valence-electron chi connectivity index (χ1n) is 26.1. The van der Waals surface area contributed by atoms with Crippen LogP contribution in [0.15, 0.2) is 0 Å². The Labute approximate surface area is 352 Å². The zero-order valence-corrected chi connectivity index (χ0v) is 38.5. The van der Waals surface area contributed by atoms with Crippen LogP contribution in [-0.2, 0) is 14.3 Å². The van der Waals surface area contributed by atoms with E-state index < -0.39 is 0 Å². The Balaban J connectivity index is 0.000000237. The number of rotatable bonds is 12. The minimum atomic E-state index is -0.219. The highest BCUT2D eigenvalue weighted by atomic mass is 16.7. The van der Waals surface area contributed by atoms with Crippen LogP contribution in [0.25, 0.3) is 0 Å². The van der Waals surface area contributed by atoms with Gasteiger partial charge in [0.1, 0.15) is 5.78 Å². The molecule has 0 aromatic heterocycles. The Hall–Kier alpha value is -0.410. The van der Waals surface area contributed by atoms with Gasteiger partial charge in [-0.25, -0.2) is 0 Å². The normalized spacial score (nSPS) is 29.8. The van der Waals surface area contributed by atoms with Crippen molar-refractivity contribution in [1.29, 1.82) is 0 Å². The third-order valence-electron chi connectivity index (χ3n) is 15.7. The van der Waals surface area contributed by atoms with Crippen molar-refractivity contribution in [2.24, 2.45) is 40.9 Å². The van der Waals surface area contributed by atoms with Crippen LogP contribution in [0.3, 0.4) is 0 Å². The van der Waals surface area contributed by atoms with E-state index in [0.717, 1.165) is 74.4 Å². The van der Waals surface area contributed by atoms with Crippen LogP contribution in [0.2, 0.25) is 0 Å². The Morgan fingerprint density at radius 3 is 1.14 bits per heavy atom. The van der Waals surface area contributed by atoms with Crippen LogP contribution >= 0.6 is 0 Å². The largest absolute Gasteiger partial charge is 0.349 e. The van der Waals surface area contributed by atoms with E-state index in [1.54, 1.807) is 0 Å². The van der Waals surface area contributed by atoms with Gasteiger partial charge in [-0.15, -0.1) is 0 Å². The smallest absolute Gasteiger partial charge is 0.168 e. The van der Waals surface area contributed by atoms with Crippen LogP contribution in [0.5, 0.6) is 0 Å². The highest BCUT2D eigenvalue weighted by molar-refractivity contribution is 5.79. The summed E-state index contributed by atoms with van der Waals surface area (Å²) < 4.78 is 12.4. The summed E-state index contributed by atoms with van der Waals surface area (Å²) in [5.74, 6) is 6.17. The molecule has 0 amide bonds. The van der Waals surface area contributed by atoms with Gasteiger partial charge in [-0.3, -0.25) is 4.79 Å². The number of hydrogen-bond acceptors (Lipinski definition) is 3. The molecule has 1 spiro atoms. The van der Waals surface area contributed by atoms with Gasteiger partial charge in [0.2, 0.25) is 0 Å². The molecule has 7 aliphatic rings. The maximum Gasteiger partial charge on any atom is 0.168 e. The Kier molecular flexibility index (Phi) is 24.3. The zero-order chi connectivity index (χ0) is 39.7. The molecule has 7 fully saturated rings. The maximum atomic E-state index is 11.3. The van der Waals surface area contributed by atoms with Crippen molar-refractivity contribution in [1.82, 2.24) is 0 Å². The summed E-state index contributed by atoms with van der Waals surface area (Å²) in [5.41, 5.74) is 0.192. The summed E-state index contributed by atoms with van der Waals surface area (Å²) in [5, 5.41) is 0. The highest BCUT2D eigenvalue weighted by Gasteiger charge is 2.43. The average Bonchev–Trinajstić information content (AvgIpc) is 3.24. The van der Waals surface area contributed by atoms with Gasteiger partial charge in [-0.1, -0.05) is 207 Å². The fraction of sp³-hybridized carbons (Fsp3) is 0.981. The molecule has 7 rings (SSSR count). The number of ether oxygens (including phenoxy) is 2. The maximum absolute atomic E-state index is 11.3. The van der Waals surface area contributed by atoms with E-state index in [1.165, 1.54) is 218 Å². The summed E-state index contributed by atoms with van der Waals surface area (Å²) in [6.07, 6.45) is 53.3. The fourth-order valence-electron chi connectivity index (χ4n) is 11.6. The Morgan fingerprint density at radius 2 is 0.786 bits per heavy atom. The van der Waals surface area contributed by atoms with Gasteiger partial charge in [0, 0.05) is 32.5 Å². The molecule has 0 bridgehead atoms. The molecule has 3 heteroatoms. The van der Waals surface area contributed by atoms with E-state index >= 15 is 0 Å². The van der Waals surface area contributed by atoms with E-state index in [1.807, 2.05) is 0 Å². The Morgan fingerprint density at radius 1 is 0.464 bits per heavy atom. The van der Waals surface area contributed by atoms with E-state index in [2.05, 4.69) is 27.7 Å². The van der Waals surface area contributed by atoms with Crippen LogP contribution in [0.4, 0.5) is 0 Å². The number of hydrogen-bond donors (Lipinski definition) is 0. The van der Waals surface area contributed by atoms with Crippen molar-refractivity contribution in [3.05, 3.63) is 0 Å². The third kappa shape index (κ3) is 20.2. The van der Waals surface area contributed by atoms with E-state index in [0.29, 0.717) is 5.78 Å². The second-order valence-corrected chi connectivity index (χ2v) is 21.6. The first-order valence-corrected chi connectivity index (χ1v) is 26.1. The molecule has 0 aromatic rings. The minimum absolute atomic E-state index is 0. The molecule has 6 saturated carbocycles. The minimum Gasteiger partial charge on any atom is -0.349 e. The standard InChI is InChI=1S/C23H42O2.C18H32O.2C6H12.H2/c1-4-5-6-7-19-8-10-20(11-9-19)16-21-12-14-23(15-13-21)24-17-22(2,3)18-25-23;1-2-3-4-5-15-6-8-16(9-7-15)14-17-10-12-18(19)13-11-17;2*1-2-4-6-5-3-1;/h19-21H,4-18H2,1-3H3;15-17H,2-14H2,1H3;2*1-6H2;1H/i;;;;1+1. The monoisotopic (exact) mass is 786 g/mol. The number of carbonyl (C=O) groups is 1. The lowest BCUT2D eigenvalue weighted by atomic mass is 9.73. The summed E-state index contributed by atoms with van der Waals surface area (Å²) in [7, 11) is 0. The fourth-order valence-corrected chi connectivity index (χ4v) is 11.6. The van der Waals surface area contributed by atoms with Crippen molar-refractivity contribution in [2.45, 2.75) is 277 Å². The van der Waals surface area contributed by atoms with Gasteiger partial charge >= 0.3 is 0 Å². The van der Waals surface area contributed by atoms with Crippen molar-refractivity contribution in [2.75, 3.05) is 13.2 Å². The van der Waals surface area contributed by atoms with Crippen molar-refractivity contribution < 1.29 is 15.7 Å². The average molecular weight is 786 g/mol. The summed E-state index contributed by atoms with van der Waals surface area (Å²) in [6, 6.07) is 0. The van der Waals surface area contributed by atoms with E-state index in [9.17, 15) is 4.79 Å². The van der Waals surface area contributed by atoms with Gasteiger partial charge < -0.3 is 9.47 Å². The molecule has 3 nitrogen and oxygen atoms in total. The summed E-state index contributed by atoms with van der Waals surface area (Å²) in [4.78, 5) is 11.3. The third-order valence-corrected chi connectivity index (χ3v) is 15.7. The number of unbranched alkanes of at least 4 members (excludes halogenated alkanes) is 4. The molecule has 1 saturated heterocycles.